The molecule has 0 aromatic heterocycles. The van der Waals surface area contributed by atoms with Gasteiger partial charge in [0.05, 0.1) is 6.04 Å². The zero-order valence-electron chi connectivity index (χ0n) is 10.7. The summed E-state index contributed by atoms with van der Waals surface area (Å²) in [6.07, 6.45) is 5.72. The zero-order valence-corrected chi connectivity index (χ0v) is 10.7. The number of Topliss-reactive ketones (excluding diaryl/α,β-unsaturated/α-hetero) is 1. The summed E-state index contributed by atoms with van der Waals surface area (Å²) in [7, 11) is 0. The first-order valence-electron chi connectivity index (χ1n) is 6.71. The molecule has 1 aliphatic carbocycles. The lowest BCUT2D eigenvalue weighted by molar-refractivity contribution is 0.0968. The monoisotopic (exact) mass is 245 g/mol. The van der Waals surface area contributed by atoms with E-state index < -0.39 is 6.04 Å². The van der Waals surface area contributed by atoms with Crippen LogP contribution in [0.5, 0.6) is 5.75 Å². The maximum Gasteiger partial charge on any atom is 0.179 e. The van der Waals surface area contributed by atoms with Crippen molar-refractivity contribution in [2.24, 2.45) is 5.73 Å². The second-order valence-corrected chi connectivity index (χ2v) is 5.64. The summed E-state index contributed by atoms with van der Waals surface area (Å²) in [4.78, 5) is 11.9. The van der Waals surface area contributed by atoms with Gasteiger partial charge in [0.1, 0.15) is 11.4 Å². The van der Waals surface area contributed by atoms with Crippen LogP contribution in [0, 0.1) is 0 Å². The number of ketones is 1. The largest absolute Gasteiger partial charge is 0.487 e. The average Bonchev–Trinajstić information content (AvgIpc) is 2.93. The topological polar surface area (TPSA) is 52.3 Å². The fourth-order valence-corrected chi connectivity index (χ4v) is 3.15. The van der Waals surface area contributed by atoms with Crippen molar-refractivity contribution in [3.05, 3.63) is 29.3 Å². The van der Waals surface area contributed by atoms with Gasteiger partial charge in [-0.25, -0.2) is 0 Å². The zero-order chi connectivity index (χ0) is 12.8. The van der Waals surface area contributed by atoms with Gasteiger partial charge in [-0.05, 0) is 56.4 Å². The summed E-state index contributed by atoms with van der Waals surface area (Å²) in [5.74, 6) is 0.961. The predicted octanol–water partition coefficient (Wildman–Crippen LogP) is 2.46. The Bertz CT molecular complexity index is 487. The maximum absolute atomic E-state index is 11.9. The Hall–Kier alpha value is -1.35. The van der Waals surface area contributed by atoms with Gasteiger partial charge < -0.3 is 10.5 Å². The van der Waals surface area contributed by atoms with Crippen LogP contribution in [0.1, 0.15) is 48.5 Å². The lowest BCUT2D eigenvalue weighted by atomic mass is 9.94. The fourth-order valence-electron chi connectivity index (χ4n) is 3.15. The predicted molar refractivity (Wildman–Crippen MR) is 70.0 cm³/mol. The Kier molecular flexibility index (Phi) is 2.67. The molecule has 18 heavy (non-hydrogen) atoms. The molecule has 1 heterocycles. The molecule has 0 amide bonds. The molecule has 1 saturated carbocycles. The smallest absolute Gasteiger partial charge is 0.179 e. The summed E-state index contributed by atoms with van der Waals surface area (Å²) in [5.41, 5.74) is 7.55. The lowest BCUT2D eigenvalue weighted by Gasteiger charge is -2.22. The highest BCUT2D eigenvalue weighted by atomic mass is 16.5. The van der Waals surface area contributed by atoms with Crippen LogP contribution < -0.4 is 10.5 Å². The van der Waals surface area contributed by atoms with Gasteiger partial charge in [0.2, 0.25) is 0 Å². The van der Waals surface area contributed by atoms with Crippen LogP contribution in [0.3, 0.4) is 0 Å². The van der Waals surface area contributed by atoms with Crippen molar-refractivity contribution in [1.29, 1.82) is 0 Å². The number of ether oxygens (including phenoxy) is 1. The van der Waals surface area contributed by atoms with Crippen molar-refractivity contribution >= 4 is 5.78 Å². The van der Waals surface area contributed by atoms with E-state index in [2.05, 4.69) is 0 Å². The molecule has 3 rings (SSSR count). The average molecular weight is 245 g/mol. The van der Waals surface area contributed by atoms with Crippen molar-refractivity contribution in [1.82, 2.24) is 0 Å². The second kappa shape index (κ2) is 4.09. The molecule has 3 heteroatoms. The summed E-state index contributed by atoms with van der Waals surface area (Å²) < 4.78 is 6.11. The first kappa shape index (κ1) is 11.7. The number of carbonyl (C=O) groups excluding carboxylic acids is 1. The summed E-state index contributed by atoms with van der Waals surface area (Å²) in [5, 5.41) is 0. The van der Waals surface area contributed by atoms with E-state index in [1.165, 1.54) is 18.4 Å². The van der Waals surface area contributed by atoms with Crippen LogP contribution >= 0.6 is 0 Å². The number of nitrogens with two attached hydrogens (primary N) is 1. The van der Waals surface area contributed by atoms with E-state index in [0.717, 1.165) is 25.0 Å². The standard InChI is InChI=1S/C15H19NO2/c1-10(16)14(17)11-4-5-13-12(8-11)9-15(18-13)6-2-3-7-15/h4-5,8,10H,2-3,6-7,9,16H2,1H3. The molecule has 3 nitrogen and oxygen atoms in total. The molecular formula is C15H19NO2. The van der Waals surface area contributed by atoms with Gasteiger partial charge in [-0.2, -0.15) is 0 Å². The fraction of sp³-hybridized carbons (Fsp3) is 0.533. The number of hydrogen-bond acceptors (Lipinski definition) is 3. The number of benzene rings is 1. The molecule has 2 N–H and O–H groups in total. The highest BCUT2D eigenvalue weighted by molar-refractivity contribution is 6.00. The van der Waals surface area contributed by atoms with Gasteiger partial charge >= 0.3 is 0 Å². The Morgan fingerprint density at radius 3 is 2.78 bits per heavy atom. The van der Waals surface area contributed by atoms with Crippen molar-refractivity contribution in [2.45, 2.75) is 50.7 Å². The van der Waals surface area contributed by atoms with E-state index in [1.807, 2.05) is 18.2 Å². The molecule has 1 aromatic carbocycles. The van der Waals surface area contributed by atoms with Crippen LogP contribution in [0.4, 0.5) is 0 Å². The number of rotatable bonds is 2. The third-order valence-electron chi connectivity index (χ3n) is 4.11. The first-order valence-corrected chi connectivity index (χ1v) is 6.71. The number of hydrogen-bond donors (Lipinski definition) is 1. The van der Waals surface area contributed by atoms with Crippen LogP contribution in [0.15, 0.2) is 18.2 Å². The molecule has 1 atom stereocenters. The molecule has 1 aromatic rings. The van der Waals surface area contributed by atoms with Gasteiger partial charge in [-0.3, -0.25) is 4.79 Å². The summed E-state index contributed by atoms with van der Waals surface area (Å²) in [6, 6.07) is 5.29. The van der Waals surface area contributed by atoms with Gasteiger partial charge in [-0.15, -0.1) is 0 Å². The van der Waals surface area contributed by atoms with Crippen LogP contribution in [0.2, 0.25) is 0 Å². The van der Waals surface area contributed by atoms with Gasteiger partial charge in [-0.1, -0.05) is 0 Å². The summed E-state index contributed by atoms with van der Waals surface area (Å²) >= 11 is 0. The lowest BCUT2D eigenvalue weighted by Crippen LogP contribution is -2.29. The maximum atomic E-state index is 11.9. The van der Waals surface area contributed by atoms with E-state index in [-0.39, 0.29) is 11.4 Å². The molecule has 2 aliphatic rings. The molecule has 1 fully saturated rings. The highest BCUT2D eigenvalue weighted by Gasteiger charge is 2.41. The molecule has 0 bridgehead atoms. The minimum Gasteiger partial charge on any atom is -0.487 e. The normalized spacial score (nSPS) is 21.7. The van der Waals surface area contributed by atoms with Gasteiger partial charge in [0.15, 0.2) is 5.78 Å². The number of fused-ring (bicyclic) bond motifs is 1. The first-order chi connectivity index (χ1) is 8.60. The summed E-state index contributed by atoms with van der Waals surface area (Å²) in [6.45, 7) is 1.73. The van der Waals surface area contributed by atoms with Crippen molar-refractivity contribution in [3.63, 3.8) is 0 Å². The number of carbonyl (C=O) groups is 1. The highest BCUT2D eigenvalue weighted by Crippen LogP contribution is 2.44. The molecule has 1 aliphatic heterocycles. The Morgan fingerprint density at radius 2 is 2.11 bits per heavy atom. The molecular weight excluding hydrogens is 226 g/mol. The second-order valence-electron chi connectivity index (χ2n) is 5.64. The van der Waals surface area contributed by atoms with Crippen molar-refractivity contribution in [3.8, 4) is 5.75 Å². The molecule has 1 unspecified atom stereocenters. The van der Waals surface area contributed by atoms with Gasteiger partial charge in [0.25, 0.3) is 0 Å². The molecule has 1 spiro atoms. The molecule has 0 radical (unpaired) electrons. The van der Waals surface area contributed by atoms with E-state index in [4.69, 9.17) is 10.5 Å². The van der Waals surface area contributed by atoms with E-state index in [1.54, 1.807) is 6.92 Å². The molecule has 0 saturated heterocycles. The third-order valence-corrected chi connectivity index (χ3v) is 4.11. The van der Waals surface area contributed by atoms with E-state index in [0.29, 0.717) is 5.56 Å². The SMILES string of the molecule is CC(N)C(=O)c1ccc2c(c1)CC1(CCCC1)O2. The Morgan fingerprint density at radius 1 is 1.39 bits per heavy atom. The van der Waals surface area contributed by atoms with Crippen LogP contribution in [0.25, 0.3) is 0 Å². The molecule has 96 valence electrons. The van der Waals surface area contributed by atoms with Gasteiger partial charge in [0, 0.05) is 12.0 Å². The Balaban J connectivity index is 1.89. The minimum atomic E-state index is -0.439. The van der Waals surface area contributed by atoms with Crippen molar-refractivity contribution in [2.75, 3.05) is 0 Å². The van der Waals surface area contributed by atoms with Crippen LogP contribution in [-0.4, -0.2) is 17.4 Å². The minimum absolute atomic E-state index is 0.00479. The Labute approximate surface area is 107 Å². The van der Waals surface area contributed by atoms with E-state index >= 15 is 0 Å². The van der Waals surface area contributed by atoms with Crippen molar-refractivity contribution < 1.29 is 9.53 Å². The van der Waals surface area contributed by atoms with Crippen LogP contribution in [-0.2, 0) is 6.42 Å². The van der Waals surface area contributed by atoms with E-state index in [9.17, 15) is 4.79 Å². The quantitative estimate of drug-likeness (QED) is 0.814. The third kappa shape index (κ3) is 1.83.